The summed E-state index contributed by atoms with van der Waals surface area (Å²) in [6.45, 7) is 5.80. The van der Waals surface area contributed by atoms with Gasteiger partial charge in [0.25, 0.3) is 5.91 Å². The molecule has 1 amide bonds. The molecule has 2 heterocycles. The molecule has 4 rings (SSSR count). The van der Waals surface area contributed by atoms with Crippen molar-refractivity contribution in [3.8, 4) is 5.69 Å². The second kappa shape index (κ2) is 10.4. The normalized spacial score (nSPS) is 14.5. The molecular formula is C25H31N5O. The molecule has 1 aromatic heterocycles. The van der Waals surface area contributed by atoms with Crippen LogP contribution in [0.15, 0.2) is 54.6 Å². The number of nitrogens with zero attached hydrogens (tertiary/aromatic N) is 4. The van der Waals surface area contributed by atoms with Crippen molar-refractivity contribution >= 4 is 5.91 Å². The molecule has 162 valence electrons. The van der Waals surface area contributed by atoms with Gasteiger partial charge in [-0.1, -0.05) is 55.0 Å². The van der Waals surface area contributed by atoms with Gasteiger partial charge in [-0.25, -0.2) is 9.67 Å². The number of amides is 1. The number of nitrogens with one attached hydrogen (secondary N) is 1. The van der Waals surface area contributed by atoms with Gasteiger partial charge in [0, 0.05) is 19.5 Å². The molecule has 1 fully saturated rings. The van der Waals surface area contributed by atoms with E-state index in [1.807, 2.05) is 41.1 Å². The Hall–Kier alpha value is -2.99. The number of aromatic nitrogens is 3. The molecule has 31 heavy (non-hydrogen) atoms. The molecule has 2 aromatic carbocycles. The highest BCUT2D eigenvalue weighted by Gasteiger charge is 2.18. The van der Waals surface area contributed by atoms with E-state index in [2.05, 4.69) is 45.4 Å². The highest BCUT2D eigenvalue weighted by Crippen LogP contribution is 2.16. The SMILES string of the molecule is Cc1ccccc1-n1nc(C(=O)NCCN2CCCCC2)nc1CCc1ccccc1. The van der Waals surface area contributed by atoms with Crippen molar-refractivity contribution in [3.63, 3.8) is 0 Å². The molecule has 6 nitrogen and oxygen atoms in total. The first-order valence-electron chi connectivity index (χ1n) is 11.3. The largest absolute Gasteiger partial charge is 0.348 e. The van der Waals surface area contributed by atoms with Gasteiger partial charge in [-0.3, -0.25) is 4.79 Å². The third-order valence-corrected chi connectivity index (χ3v) is 5.86. The topological polar surface area (TPSA) is 63.1 Å². The van der Waals surface area contributed by atoms with Gasteiger partial charge in [0.1, 0.15) is 5.82 Å². The second-order valence-electron chi connectivity index (χ2n) is 8.19. The Morgan fingerprint density at radius 1 is 0.968 bits per heavy atom. The molecule has 1 aliphatic rings. The van der Waals surface area contributed by atoms with Crippen LogP contribution in [0, 0.1) is 6.92 Å². The maximum Gasteiger partial charge on any atom is 0.291 e. The fourth-order valence-corrected chi connectivity index (χ4v) is 4.09. The molecule has 0 spiro atoms. The lowest BCUT2D eigenvalue weighted by Crippen LogP contribution is -2.37. The number of hydrogen-bond donors (Lipinski definition) is 1. The predicted octanol–water partition coefficient (Wildman–Crippen LogP) is 3.58. The number of likely N-dealkylation sites (tertiary alicyclic amines) is 1. The highest BCUT2D eigenvalue weighted by molar-refractivity contribution is 5.90. The summed E-state index contributed by atoms with van der Waals surface area (Å²) in [5, 5.41) is 7.61. The van der Waals surface area contributed by atoms with Crippen molar-refractivity contribution < 1.29 is 4.79 Å². The van der Waals surface area contributed by atoms with Crippen molar-refractivity contribution in [1.29, 1.82) is 0 Å². The number of para-hydroxylation sites is 1. The van der Waals surface area contributed by atoms with Crippen molar-refractivity contribution in [2.45, 2.75) is 39.0 Å². The fraction of sp³-hybridized carbons (Fsp3) is 0.400. The van der Waals surface area contributed by atoms with E-state index in [9.17, 15) is 4.79 Å². The number of rotatable bonds is 8. The van der Waals surface area contributed by atoms with E-state index in [1.165, 1.54) is 24.8 Å². The summed E-state index contributed by atoms with van der Waals surface area (Å²) >= 11 is 0. The molecule has 6 heteroatoms. The van der Waals surface area contributed by atoms with Crippen molar-refractivity contribution in [2.75, 3.05) is 26.2 Å². The Balaban J connectivity index is 1.48. The number of carbonyl (C=O) groups is 1. The summed E-state index contributed by atoms with van der Waals surface area (Å²) in [6, 6.07) is 18.4. The zero-order chi connectivity index (χ0) is 21.5. The van der Waals surface area contributed by atoms with E-state index in [-0.39, 0.29) is 11.7 Å². The first kappa shape index (κ1) is 21.2. The van der Waals surface area contributed by atoms with E-state index in [0.717, 1.165) is 43.1 Å². The summed E-state index contributed by atoms with van der Waals surface area (Å²) in [6.07, 6.45) is 5.38. The number of carbonyl (C=O) groups excluding carboxylic acids is 1. The summed E-state index contributed by atoms with van der Waals surface area (Å²) < 4.78 is 1.83. The van der Waals surface area contributed by atoms with Gasteiger partial charge in [-0.2, -0.15) is 0 Å². The second-order valence-corrected chi connectivity index (χ2v) is 8.19. The Bertz CT molecular complexity index is 992. The molecule has 0 saturated carbocycles. The summed E-state index contributed by atoms with van der Waals surface area (Å²) in [7, 11) is 0. The van der Waals surface area contributed by atoms with Crippen LogP contribution in [0.2, 0.25) is 0 Å². The Kier molecular flexibility index (Phi) is 7.10. The summed E-state index contributed by atoms with van der Waals surface area (Å²) in [5.74, 6) is 0.842. The molecule has 0 bridgehead atoms. The number of aryl methyl sites for hydroxylation is 3. The van der Waals surface area contributed by atoms with Gasteiger partial charge < -0.3 is 10.2 Å². The van der Waals surface area contributed by atoms with Crippen LogP contribution in [0.25, 0.3) is 5.69 Å². The Morgan fingerprint density at radius 3 is 2.48 bits per heavy atom. The van der Waals surface area contributed by atoms with E-state index < -0.39 is 0 Å². The standard InChI is InChI=1S/C25H31N5O/c1-20-10-6-7-13-22(20)30-23(15-14-21-11-4-2-5-12-21)27-24(28-30)25(31)26-16-19-29-17-8-3-9-18-29/h2,4-7,10-13H,3,8-9,14-19H2,1H3,(H,26,31). The van der Waals surface area contributed by atoms with Gasteiger partial charge >= 0.3 is 0 Å². The van der Waals surface area contributed by atoms with Crippen LogP contribution in [0.3, 0.4) is 0 Å². The van der Waals surface area contributed by atoms with Crippen LogP contribution in [-0.4, -0.2) is 51.8 Å². The van der Waals surface area contributed by atoms with Crippen molar-refractivity contribution in [3.05, 3.63) is 77.4 Å². The van der Waals surface area contributed by atoms with Crippen LogP contribution in [0.4, 0.5) is 0 Å². The molecule has 1 saturated heterocycles. The smallest absolute Gasteiger partial charge is 0.291 e. The molecule has 0 radical (unpaired) electrons. The first-order chi connectivity index (χ1) is 15.2. The van der Waals surface area contributed by atoms with Gasteiger partial charge in [0.05, 0.1) is 5.69 Å². The minimum absolute atomic E-state index is 0.203. The van der Waals surface area contributed by atoms with Gasteiger partial charge in [-0.05, 0) is 56.5 Å². The van der Waals surface area contributed by atoms with Crippen LogP contribution in [-0.2, 0) is 12.8 Å². The molecular weight excluding hydrogens is 386 g/mol. The van der Waals surface area contributed by atoms with E-state index >= 15 is 0 Å². The lowest BCUT2D eigenvalue weighted by atomic mass is 10.1. The lowest BCUT2D eigenvalue weighted by Gasteiger charge is -2.26. The van der Waals surface area contributed by atoms with Crippen LogP contribution < -0.4 is 5.32 Å². The fourth-order valence-electron chi connectivity index (χ4n) is 4.09. The molecule has 0 unspecified atom stereocenters. The molecule has 0 aliphatic carbocycles. The zero-order valence-corrected chi connectivity index (χ0v) is 18.3. The number of benzene rings is 2. The van der Waals surface area contributed by atoms with E-state index in [0.29, 0.717) is 13.0 Å². The Morgan fingerprint density at radius 2 is 1.71 bits per heavy atom. The van der Waals surface area contributed by atoms with Crippen molar-refractivity contribution in [2.24, 2.45) is 0 Å². The maximum atomic E-state index is 12.8. The average molecular weight is 418 g/mol. The molecule has 0 atom stereocenters. The van der Waals surface area contributed by atoms with E-state index in [1.54, 1.807) is 0 Å². The maximum absolute atomic E-state index is 12.8. The van der Waals surface area contributed by atoms with Gasteiger partial charge in [0.2, 0.25) is 5.82 Å². The third kappa shape index (κ3) is 5.58. The molecule has 1 aliphatic heterocycles. The average Bonchev–Trinajstić information content (AvgIpc) is 3.23. The third-order valence-electron chi connectivity index (χ3n) is 5.86. The minimum Gasteiger partial charge on any atom is -0.348 e. The van der Waals surface area contributed by atoms with Gasteiger partial charge in [-0.15, -0.1) is 5.10 Å². The van der Waals surface area contributed by atoms with Gasteiger partial charge in [0.15, 0.2) is 0 Å². The molecule has 3 aromatic rings. The number of hydrogen-bond acceptors (Lipinski definition) is 4. The zero-order valence-electron chi connectivity index (χ0n) is 18.3. The quantitative estimate of drug-likeness (QED) is 0.609. The predicted molar refractivity (Wildman–Crippen MR) is 123 cm³/mol. The Labute approximate surface area is 184 Å². The lowest BCUT2D eigenvalue weighted by molar-refractivity contribution is 0.0936. The highest BCUT2D eigenvalue weighted by atomic mass is 16.2. The summed E-state index contributed by atoms with van der Waals surface area (Å²) in [5.41, 5.74) is 3.31. The van der Waals surface area contributed by atoms with Crippen LogP contribution >= 0.6 is 0 Å². The van der Waals surface area contributed by atoms with Crippen LogP contribution in [0.5, 0.6) is 0 Å². The minimum atomic E-state index is -0.203. The van der Waals surface area contributed by atoms with Crippen molar-refractivity contribution in [1.82, 2.24) is 25.0 Å². The molecule has 1 N–H and O–H groups in total. The number of piperidine rings is 1. The van der Waals surface area contributed by atoms with Crippen LogP contribution in [0.1, 0.15) is 46.8 Å². The first-order valence-corrected chi connectivity index (χ1v) is 11.3. The van der Waals surface area contributed by atoms with E-state index in [4.69, 9.17) is 0 Å². The summed E-state index contributed by atoms with van der Waals surface area (Å²) in [4.78, 5) is 19.8. The monoisotopic (exact) mass is 417 g/mol.